The summed E-state index contributed by atoms with van der Waals surface area (Å²) in [4.78, 5) is 4.50. The lowest BCUT2D eigenvalue weighted by Gasteiger charge is -2.22. The van der Waals surface area contributed by atoms with E-state index in [-0.39, 0.29) is 5.41 Å². The van der Waals surface area contributed by atoms with E-state index in [4.69, 9.17) is 9.78 Å². The van der Waals surface area contributed by atoms with Crippen molar-refractivity contribution in [3.05, 3.63) is 11.7 Å². The molecule has 1 heterocycles. The zero-order chi connectivity index (χ0) is 13.4. The topological polar surface area (TPSA) is 62.7 Å². The number of aromatic nitrogens is 2. The molecule has 0 bridgehead atoms. The molecule has 1 aliphatic carbocycles. The SMILES string of the molecule is CCC(C)(CC#N)Cc1nc(C2CC2(C)C)no1. The number of rotatable bonds is 5. The Morgan fingerprint density at radius 1 is 1.56 bits per heavy atom. The van der Waals surface area contributed by atoms with Gasteiger partial charge in [-0.15, -0.1) is 0 Å². The molecule has 98 valence electrons. The molecule has 0 aromatic carbocycles. The highest BCUT2D eigenvalue weighted by Crippen LogP contribution is 2.57. The van der Waals surface area contributed by atoms with E-state index in [1.54, 1.807) is 0 Å². The highest BCUT2D eigenvalue weighted by atomic mass is 16.5. The van der Waals surface area contributed by atoms with Crippen LogP contribution in [0.15, 0.2) is 4.52 Å². The van der Waals surface area contributed by atoms with Gasteiger partial charge in [-0.2, -0.15) is 10.2 Å². The summed E-state index contributed by atoms with van der Waals surface area (Å²) in [7, 11) is 0. The van der Waals surface area contributed by atoms with Crippen molar-refractivity contribution in [2.75, 3.05) is 0 Å². The maximum Gasteiger partial charge on any atom is 0.227 e. The second-order valence-electron chi connectivity index (χ2n) is 6.47. The molecule has 1 saturated carbocycles. The van der Waals surface area contributed by atoms with Crippen molar-refractivity contribution in [2.45, 2.75) is 59.3 Å². The summed E-state index contributed by atoms with van der Waals surface area (Å²) in [6, 6.07) is 2.24. The van der Waals surface area contributed by atoms with Crippen LogP contribution in [0.5, 0.6) is 0 Å². The molecule has 0 amide bonds. The van der Waals surface area contributed by atoms with E-state index in [1.165, 1.54) is 0 Å². The lowest BCUT2D eigenvalue weighted by molar-refractivity contribution is 0.265. The molecule has 0 saturated heterocycles. The van der Waals surface area contributed by atoms with Gasteiger partial charge in [-0.05, 0) is 23.7 Å². The third-order valence-electron chi connectivity index (χ3n) is 4.25. The van der Waals surface area contributed by atoms with E-state index in [0.717, 1.165) is 18.7 Å². The molecule has 0 radical (unpaired) electrons. The molecule has 1 aromatic rings. The van der Waals surface area contributed by atoms with E-state index < -0.39 is 0 Å². The average Bonchev–Trinajstić information content (AvgIpc) is 2.74. The van der Waals surface area contributed by atoms with Crippen LogP contribution < -0.4 is 0 Å². The van der Waals surface area contributed by atoms with E-state index >= 15 is 0 Å². The number of nitrogens with zero attached hydrogens (tertiary/aromatic N) is 3. The Hall–Kier alpha value is -1.37. The molecule has 0 N–H and O–H groups in total. The van der Waals surface area contributed by atoms with Gasteiger partial charge in [-0.3, -0.25) is 0 Å². The molecule has 1 aliphatic rings. The van der Waals surface area contributed by atoms with Gasteiger partial charge in [0.1, 0.15) is 0 Å². The third kappa shape index (κ3) is 2.55. The van der Waals surface area contributed by atoms with Gasteiger partial charge in [0.15, 0.2) is 5.82 Å². The van der Waals surface area contributed by atoms with Crippen LogP contribution >= 0.6 is 0 Å². The Labute approximate surface area is 108 Å². The summed E-state index contributed by atoms with van der Waals surface area (Å²) in [5.41, 5.74) is 0.263. The third-order valence-corrected chi connectivity index (χ3v) is 4.25. The summed E-state index contributed by atoms with van der Waals surface area (Å²) in [5, 5.41) is 12.9. The Balaban J connectivity index is 2.05. The number of nitriles is 1. The van der Waals surface area contributed by atoms with Gasteiger partial charge in [-0.1, -0.05) is 32.9 Å². The quantitative estimate of drug-likeness (QED) is 0.799. The highest BCUT2D eigenvalue weighted by molar-refractivity contribution is 5.14. The predicted octanol–water partition coefficient (Wildman–Crippen LogP) is 3.46. The maximum absolute atomic E-state index is 8.87. The van der Waals surface area contributed by atoms with Crippen LogP contribution in [0.3, 0.4) is 0 Å². The first kappa shape index (κ1) is 13.1. The zero-order valence-corrected chi connectivity index (χ0v) is 11.7. The Bertz CT molecular complexity index is 472. The molecule has 4 heteroatoms. The number of hydrogen-bond acceptors (Lipinski definition) is 4. The van der Waals surface area contributed by atoms with Gasteiger partial charge in [0.05, 0.1) is 6.07 Å². The van der Waals surface area contributed by atoms with Crippen LogP contribution in [-0.4, -0.2) is 10.1 Å². The van der Waals surface area contributed by atoms with Crippen molar-refractivity contribution in [3.8, 4) is 6.07 Å². The van der Waals surface area contributed by atoms with Crippen LogP contribution in [0.25, 0.3) is 0 Å². The molecule has 2 unspecified atom stereocenters. The van der Waals surface area contributed by atoms with E-state index in [2.05, 4.69) is 43.9 Å². The largest absolute Gasteiger partial charge is 0.339 e. The minimum atomic E-state index is -0.0579. The van der Waals surface area contributed by atoms with E-state index in [0.29, 0.717) is 30.1 Å². The van der Waals surface area contributed by atoms with Crippen LogP contribution in [0.2, 0.25) is 0 Å². The molecule has 2 atom stereocenters. The Kier molecular flexibility index (Phi) is 3.18. The van der Waals surface area contributed by atoms with Crippen molar-refractivity contribution in [2.24, 2.45) is 10.8 Å². The van der Waals surface area contributed by atoms with Crippen molar-refractivity contribution in [3.63, 3.8) is 0 Å². The van der Waals surface area contributed by atoms with Crippen molar-refractivity contribution >= 4 is 0 Å². The van der Waals surface area contributed by atoms with Crippen LogP contribution in [0, 0.1) is 22.2 Å². The molecular weight excluding hydrogens is 226 g/mol. The number of hydrogen-bond donors (Lipinski definition) is 0. The summed E-state index contributed by atoms with van der Waals surface area (Å²) < 4.78 is 5.33. The molecule has 18 heavy (non-hydrogen) atoms. The van der Waals surface area contributed by atoms with Crippen molar-refractivity contribution in [1.29, 1.82) is 5.26 Å². The lowest BCUT2D eigenvalue weighted by atomic mass is 9.81. The minimum Gasteiger partial charge on any atom is -0.339 e. The zero-order valence-electron chi connectivity index (χ0n) is 11.7. The van der Waals surface area contributed by atoms with Crippen molar-refractivity contribution in [1.82, 2.24) is 10.1 Å². The molecule has 1 aromatic heterocycles. The first-order valence-corrected chi connectivity index (χ1v) is 6.60. The Morgan fingerprint density at radius 3 is 2.72 bits per heavy atom. The Morgan fingerprint density at radius 2 is 2.22 bits per heavy atom. The fourth-order valence-corrected chi connectivity index (χ4v) is 2.26. The van der Waals surface area contributed by atoms with Crippen LogP contribution in [0.1, 0.15) is 64.6 Å². The molecule has 1 fully saturated rings. The highest BCUT2D eigenvalue weighted by Gasteiger charge is 2.49. The van der Waals surface area contributed by atoms with Gasteiger partial charge in [0.25, 0.3) is 0 Å². The van der Waals surface area contributed by atoms with Crippen LogP contribution in [-0.2, 0) is 6.42 Å². The normalized spacial score (nSPS) is 24.3. The molecule has 0 aliphatic heterocycles. The molecule has 2 rings (SSSR count). The lowest BCUT2D eigenvalue weighted by Crippen LogP contribution is -2.18. The predicted molar refractivity (Wildman–Crippen MR) is 67.8 cm³/mol. The summed E-state index contributed by atoms with van der Waals surface area (Å²) in [6.45, 7) is 8.64. The molecular formula is C14H21N3O. The standard InChI is InChI=1S/C14H21N3O/c1-5-14(4,6-7-15)9-11-16-12(17-18-11)10-8-13(10,2)3/h10H,5-6,8-9H2,1-4H3. The van der Waals surface area contributed by atoms with Crippen LogP contribution in [0.4, 0.5) is 0 Å². The van der Waals surface area contributed by atoms with Gasteiger partial charge in [0, 0.05) is 18.8 Å². The minimum absolute atomic E-state index is 0.0579. The van der Waals surface area contributed by atoms with Gasteiger partial charge >= 0.3 is 0 Å². The van der Waals surface area contributed by atoms with E-state index in [9.17, 15) is 0 Å². The first-order valence-electron chi connectivity index (χ1n) is 6.60. The fourth-order valence-electron chi connectivity index (χ4n) is 2.26. The average molecular weight is 247 g/mol. The second-order valence-corrected chi connectivity index (χ2v) is 6.47. The summed E-state index contributed by atoms with van der Waals surface area (Å²) in [5.74, 6) is 1.96. The molecule has 0 spiro atoms. The first-order chi connectivity index (χ1) is 8.40. The van der Waals surface area contributed by atoms with Gasteiger partial charge in [-0.25, -0.2) is 0 Å². The fraction of sp³-hybridized carbons (Fsp3) is 0.786. The van der Waals surface area contributed by atoms with Gasteiger partial charge in [0.2, 0.25) is 5.89 Å². The van der Waals surface area contributed by atoms with Gasteiger partial charge < -0.3 is 4.52 Å². The second kappa shape index (κ2) is 4.38. The maximum atomic E-state index is 8.87. The summed E-state index contributed by atoms with van der Waals surface area (Å²) in [6.07, 6.45) is 3.29. The van der Waals surface area contributed by atoms with Crippen molar-refractivity contribution < 1.29 is 4.52 Å². The summed E-state index contributed by atoms with van der Waals surface area (Å²) >= 11 is 0. The smallest absolute Gasteiger partial charge is 0.227 e. The van der Waals surface area contributed by atoms with E-state index in [1.807, 2.05) is 0 Å². The monoisotopic (exact) mass is 247 g/mol. The molecule has 4 nitrogen and oxygen atoms in total.